The van der Waals surface area contributed by atoms with E-state index in [4.69, 9.17) is 3.79 Å². The van der Waals surface area contributed by atoms with Gasteiger partial charge < -0.3 is 12.9 Å². The number of hydrogen-bond donors (Lipinski definition) is 0. The molecule has 9 heteroatoms. The van der Waals surface area contributed by atoms with E-state index >= 15 is 0 Å². The van der Waals surface area contributed by atoms with Crippen molar-refractivity contribution in [3.63, 3.8) is 0 Å². The molecule has 0 N–H and O–H groups in total. The van der Waals surface area contributed by atoms with Crippen molar-refractivity contribution >= 4 is 194 Å². The van der Waals surface area contributed by atoms with Crippen LogP contribution in [0, 0.1) is 0 Å². The Morgan fingerprint density at radius 3 is 1.14 bits per heavy atom. The quantitative estimate of drug-likeness (QED) is 0.118. The van der Waals surface area contributed by atoms with Crippen LogP contribution in [0.25, 0.3) is 126 Å². The minimum absolute atomic E-state index is 0.839. The maximum atomic E-state index is 5.19. The van der Waals surface area contributed by atoms with Crippen molar-refractivity contribution in [1.82, 2.24) is 14.1 Å². The van der Waals surface area contributed by atoms with Crippen LogP contribution in [0.15, 0.2) is 316 Å². The summed E-state index contributed by atoms with van der Waals surface area (Å²) in [6.45, 7) is 0. The molecule has 19 aromatic rings. The third-order valence-electron chi connectivity index (χ3n) is 17.9. The molecule has 1 radical (unpaired) electrons. The molecule has 13 aromatic carbocycles. The minimum Gasteiger partial charge on any atom is -0.649 e. The second-order valence-electron chi connectivity index (χ2n) is 22.7. The predicted molar refractivity (Wildman–Crippen MR) is 393 cm³/mol. The Kier molecular flexibility index (Phi) is 13.6. The van der Waals surface area contributed by atoms with Gasteiger partial charge in [-0.05, 0) is 106 Å². The van der Waals surface area contributed by atoms with E-state index in [1.807, 2.05) is 64.3 Å². The lowest BCUT2D eigenvalue weighted by Gasteiger charge is -2.35. The van der Waals surface area contributed by atoms with Crippen LogP contribution in [0.4, 0.5) is 0 Å². The van der Waals surface area contributed by atoms with Crippen LogP contribution in [0.3, 0.4) is 0 Å². The van der Waals surface area contributed by atoms with Crippen LogP contribution < -0.4 is 24.5 Å². The van der Waals surface area contributed by atoms with E-state index < -0.39 is 8.07 Å². The SMILES string of the molecule is [AlH][O]c1cccc2cccnc12.c1ccc([Si](c2ccccc2)(c2cccc3c2sc2ccccc23)c2cccc3c2sc2ccccc23)cc1.c1ccc2c(c1)c1ccccc1n2-c1ccc2sc3ccc(-n4c5ccccc5c5ccccc54)cc3c2c1. The summed E-state index contributed by atoms with van der Waals surface area (Å²) < 4.78 is 18.2. The maximum absolute atomic E-state index is 5.19. The first kappa shape index (κ1) is 54.2. The Balaban J connectivity index is 0.000000117. The van der Waals surface area contributed by atoms with E-state index in [2.05, 4.69) is 293 Å². The van der Waals surface area contributed by atoms with Crippen LogP contribution in [0.2, 0.25) is 0 Å². The second kappa shape index (κ2) is 22.6. The molecule has 0 aliphatic rings. The summed E-state index contributed by atoms with van der Waals surface area (Å²) in [5, 5.41) is 20.1. The number of pyridine rings is 1. The average molecular weight is 1240 g/mol. The highest BCUT2D eigenvalue weighted by Crippen LogP contribution is 2.42. The summed E-state index contributed by atoms with van der Waals surface area (Å²) >= 11 is 7.23. The highest BCUT2D eigenvalue weighted by atomic mass is 32.1. The smallest absolute Gasteiger partial charge is 0.494 e. The van der Waals surface area contributed by atoms with Gasteiger partial charge in [0.2, 0.25) is 0 Å². The number of nitrogens with zero attached hydrogens (tertiary/aromatic N) is 3. The fraction of sp³-hybridized carbons (Fsp3) is 0. The third kappa shape index (κ3) is 8.84. The first-order valence-corrected chi connectivity index (χ1v) is 35.3. The molecule has 0 fully saturated rings. The van der Waals surface area contributed by atoms with Crippen molar-refractivity contribution in [2.75, 3.05) is 0 Å². The molecule has 0 amide bonds. The average Bonchev–Trinajstić information content (AvgIpc) is 1.29. The molecule has 0 aliphatic carbocycles. The van der Waals surface area contributed by atoms with Gasteiger partial charge in [0.05, 0.1) is 22.1 Å². The molecule has 0 atom stereocenters. The van der Waals surface area contributed by atoms with Gasteiger partial charge in [-0.1, -0.05) is 224 Å². The molecule has 423 valence electrons. The number of hydrogen-bond acceptors (Lipinski definition) is 5. The van der Waals surface area contributed by atoms with Crippen molar-refractivity contribution in [3.8, 4) is 17.1 Å². The summed E-state index contributed by atoms with van der Waals surface area (Å²) in [4.78, 5) is 4.23. The lowest BCUT2D eigenvalue weighted by atomic mass is 10.1. The topological polar surface area (TPSA) is 32.0 Å². The van der Waals surface area contributed by atoms with Crippen molar-refractivity contribution in [2.45, 2.75) is 0 Å². The minimum atomic E-state index is -2.73. The highest BCUT2D eigenvalue weighted by Gasteiger charge is 2.44. The van der Waals surface area contributed by atoms with Gasteiger partial charge in [-0.25, -0.2) is 0 Å². The molecule has 19 rings (SSSR count). The zero-order chi connectivity index (χ0) is 59.7. The second-order valence-corrected chi connectivity index (χ2v) is 29.9. The van der Waals surface area contributed by atoms with Gasteiger partial charge in [-0.3, -0.25) is 4.98 Å². The van der Waals surface area contributed by atoms with Gasteiger partial charge >= 0.3 is 16.6 Å². The molecule has 0 aliphatic heterocycles. The van der Waals surface area contributed by atoms with E-state index in [0.717, 1.165) is 16.7 Å². The fourth-order valence-corrected chi connectivity index (χ4v) is 23.7. The monoisotopic (exact) mass is 1230 g/mol. The fourth-order valence-electron chi connectivity index (χ4n) is 14.0. The molecule has 6 heterocycles. The van der Waals surface area contributed by atoms with Gasteiger partial charge in [-0.15, -0.1) is 34.0 Å². The predicted octanol–water partition coefficient (Wildman–Crippen LogP) is 19.5. The Morgan fingerprint density at radius 1 is 0.311 bits per heavy atom. The van der Waals surface area contributed by atoms with Crippen LogP contribution >= 0.6 is 34.0 Å². The number of benzene rings is 13. The number of fused-ring (bicyclic) bond motifs is 16. The summed E-state index contributed by atoms with van der Waals surface area (Å²) in [5.74, 6) is 0.839. The summed E-state index contributed by atoms with van der Waals surface area (Å²) in [7, 11) is -2.73. The Labute approximate surface area is 540 Å². The van der Waals surface area contributed by atoms with E-state index in [1.165, 1.54) is 153 Å². The molecule has 0 bridgehead atoms. The standard InChI is InChI=1S/C36H22N2S.C36H24S2Si.C9H7NO.Al.H/c1-5-13-31-25(9-1)26-10-2-6-14-32(26)37(31)23-17-19-35-29(21-23)30-22-24(18-20-36(30)39-35)38-33-15-7-3-11-27(33)28-12-4-8-16-34(28)38;1-3-13-25(14-4-1)39(26-15-5-2-6-16-26,33-23-11-19-29-27-17-7-9-21-31(27)37-35(29)33)34-24-12-20-30-28-18-8-10-22-32(28)38-36(30)34;11-8-5-1-3-7-4-2-6-10-9(7)8;;/h1-22H;1-24H;1-6,11H;;/q;;;+1;/p-1. The Bertz CT molecular complexity index is 5510. The van der Waals surface area contributed by atoms with Gasteiger partial charge in [-0.2, -0.15) is 0 Å². The van der Waals surface area contributed by atoms with Crippen LogP contribution in [-0.2, 0) is 0 Å². The first-order valence-electron chi connectivity index (χ1n) is 30.2. The van der Waals surface area contributed by atoms with Gasteiger partial charge in [0.15, 0.2) is 8.07 Å². The molecule has 0 saturated heterocycles. The number of thiophene rings is 3. The van der Waals surface area contributed by atoms with Crippen molar-refractivity contribution in [1.29, 1.82) is 0 Å². The summed E-state index contributed by atoms with van der Waals surface area (Å²) in [6.07, 6.45) is 1.77. The lowest BCUT2D eigenvalue weighted by molar-refractivity contribution is 0.622. The van der Waals surface area contributed by atoms with Gasteiger partial charge in [0.1, 0.15) is 11.3 Å². The van der Waals surface area contributed by atoms with E-state index in [9.17, 15) is 0 Å². The van der Waals surface area contributed by atoms with E-state index in [-0.39, 0.29) is 0 Å². The number of rotatable bonds is 7. The molecule has 0 spiro atoms. The van der Waals surface area contributed by atoms with Gasteiger partial charge in [0.25, 0.3) is 0 Å². The van der Waals surface area contributed by atoms with Crippen molar-refractivity contribution in [3.05, 3.63) is 316 Å². The molecule has 4 nitrogen and oxygen atoms in total. The maximum Gasteiger partial charge on any atom is 0.494 e. The molecule has 90 heavy (non-hydrogen) atoms. The first-order chi connectivity index (χ1) is 44.6. The molecular weight excluding hydrogens is 1180 g/mol. The lowest BCUT2D eigenvalue weighted by Crippen LogP contribution is -2.74. The highest BCUT2D eigenvalue weighted by molar-refractivity contribution is 7.33. The zero-order valence-electron chi connectivity index (χ0n) is 48.7. The number of aromatic nitrogens is 3. The number of para-hydroxylation sites is 5. The third-order valence-corrected chi connectivity index (χ3v) is 27.0. The van der Waals surface area contributed by atoms with Crippen molar-refractivity contribution < 1.29 is 3.79 Å². The molecule has 0 unspecified atom stereocenters. The van der Waals surface area contributed by atoms with Crippen LogP contribution in [-0.4, -0.2) is 38.8 Å². The molecule has 6 aromatic heterocycles. The van der Waals surface area contributed by atoms with Crippen LogP contribution in [0.5, 0.6) is 5.75 Å². The van der Waals surface area contributed by atoms with Gasteiger partial charge in [0, 0.05) is 105 Å². The zero-order valence-corrected chi connectivity index (χ0v) is 53.6. The van der Waals surface area contributed by atoms with E-state index in [0.29, 0.717) is 0 Å². The Hall–Kier alpha value is -9.92. The normalized spacial score (nSPS) is 11.8. The molecule has 0 saturated carbocycles. The van der Waals surface area contributed by atoms with E-state index in [1.54, 1.807) is 6.20 Å². The largest absolute Gasteiger partial charge is 0.649 e. The Morgan fingerprint density at radius 2 is 0.689 bits per heavy atom. The summed E-state index contributed by atoms with van der Waals surface area (Å²) in [6, 6.07) is 113. The van der Waals surface area contributed by atoms with Crippen molar-refractivity contribution in [2.24, 2.45) is 0 Å². The van der Waals surface area contributed by atoms with Crippen LogP contribution in [0.1, 0.15) is 0 Å². The summed E-state index contributed by atoms with van der Waals surface area (Å²) in [5.41, 5.74) is 8.28. The molecular formula is C81H53AlN3OS3Si.